The van der Waals surface area contributed by atoms with Crippen LogP contribution in [0, 0.1) is 6.92 Å². The third-order valence-corrected chi connectivity index (χ3v) is 3.31. The Kier molecular flexibility index (Phi) is 2.97. The van der Waals surface area contributed by atoms with Crippen molar-refractivity contribution < 1.29 is 14.6 Å². The number of carboxylic acid groups (broad SMARTS) is 1. The third kappa shape index (κ3) is 1.95. The maximum atomic E-state index is 11.0. The predicted octanol–water partition coefficient (Wildman–Crippen LogP) is 2.13. The number of carbonyl (C=O) groups is 1. The standard InChI is InChI=1S/C13H16O3/c1-10-4-2-3-5-11(10)13(8-12(14)15)6-7-16-9-13/h2-5H,6-9H2,1H3,(H,14,15). The minimum absolute atomic E-state index is 0.151. The summed E-state index contributed by atoms with van der Waals surface area (Å²) in [6.07, 6.45) is 0.946. The van der Waals surface area contributed by atoms with Crippen molar-refractivity contribution >= 4 is 5.97 Å². The highest BCUT2D eigenvalue weighted by atomic mass is 16.5. The lowest BCUT2D eigenvalue weighted by Crippen LogP contribution is -2.30. The third-order valence-electron chi connectivity index (χ3n) is 3.31. The highest BCUT2D eigenvalue weighted by Gasteiger charge is 2.39. The summed E-state index contributed by atoms with van der Waals surface area (Å²) < 4.78 is 5.41. The summed E-state index contributed by atoms with van der Waals surface area (Å²) in [5.41, 5.74) is 1.95. The average molecular weight is 220 g/mol. The summed E-state index contributed by atoms with van der Waals surface area (Å²) in [4.78, 5) is 11.0. The van der Waals surface area contributed by atoms with E-state index in [0.29, 0.717) is 13.2 Å². The number of aryl methyl sites for hydroxylation is 1. The molecule has 1 aliphatic rings. The van der Waals surface area contributed by atoms with Crippen LogP contribution in [-0.4, -0.2) is 24.3 Å². The summed E-state index contributed by atoms with van der Waals surface area (Å²) in [6.45, 7) is 3.20. The van der Waals surface area contributed by atoms with E-state index in [4.69, 9.17) is 9.84 Å². The number of hydrogen-bond donors (Lipinski definition) is 1. The Morgan fingerprint density at radius 3 is 2.81 bits per heavy atom. The Bertz CT molecular complexity index is 392. The number of ether oxygens (including phenoxy) is 1. The Hall–Kier alpha value is -1.35. The Morgan fingerprint density at radius 2 is 2.25 bits per heavy atom. The number of hydrogen-bond acceptors (Lipinski definition) is 2. The number of carboxylic acids is 1. The molecule has 1 aromatic rings. The van der Waals surface area contributed by atoms with E-state index >= 15 is 0 Å². The zero-order chi connectivity index (χ0) is 11.6. The second-order valence-corrected chi connectivity index (χ2v) is 4.47. The van der Waals surface area contributed by atoms with Crippen LogP contribution in [0.3, 0.4) is 0 Å². The van der Waals surface area contributed by atoms with Gasteiger partial charge in [-0.25, -0.2) is 0 Å². The van der Waals surface area contributed by atoms with Crippen molar-refractivity contribution in [3.8, 4) is 0 Å². The number of benzene rings is 1. The van der Waals surface area contributed by atoms with Gasteiger partial charge in [-0.15, -0.1) is 0 Å². The highest BCUT2D eigenvalue weighted by molar-refractivity contribution is 5.69. The van der Waals surface area contributed by atoms with Crippen molar-refractivity contribution in [2.45, 2.75) is 25.2 Å². The minimum Gasteiger partial charge on any atom is -0.481 e. The summed E-state index contributed by atoms with van der Waals surface area (Å²) in [6, 6.07) is 7.98. The van der Waals surface area contributed by atoms with Crippen molar-refractivity contribution in [3.05, 3.63) is 35.4 Å². The molecule has 1 heterocycles. The van der Waals surface area contributed by atoms with Gasteiger partial charge in [-0.05, 0) is 24.5 Å². The lowest BCUT2D eigenvalue weighted by molar-refractivity contribution is -0.138. The molecule has 1 fully saturated rings. The molecule has 0 aliphatic carbocycles. The van der Waals surface area contributed by atoms with Crippen LogP contribution in [0.15, 0.2) is 24.3 Å². The normalized spacial score (nSPS) is 24.6. The van der Waals surface area contributed by atoms with Crippen LogP contribution in [0.2, 0.25) is 0 Å². The van der Waals surface area contributed by atoms with Crippen LogP contribution in [-0.2, 0) is 14.9 Å². The molecule has 1 atom stereocenters. The summed E-state index contributed by atoms with van der Waals surface area (Å²) >= 11 is 0. The van der Waals surface area contributed by atoms with Gasteiger partial charge in [0.15, 0.2) is 0 Å². The van der Waals surface area contributed by atoms with Crippen molar-refractivity contribution in [1.29, 1.82) is 0 Å². The molecule has 1 saturated heterocycles. The molecule has 0 spiro atoms. The van der Waals surface area contributed by atoms with Crippen LogP contribution in [0.5, 0.6) is 0 Å². The van der Waals surface area contributed by atoms with E-state index in [0.717, 1.165) is 17.5 Å². The quantitative estimate of drug-likeness (QED) is 0.848. The van der Waals surface area contributed by atoms with Crippen molar-refractivity contribution in [2.24, 2.45) is 0 Å². The number of rotatable bonds is 3. The zero-order valence-corrected chi connectivity index (χ0v) is 9.40. The highest BCUT2D eigenvalue weighted by Crippen LogP contribution is 2.38. The number of aliphatic carboxylic acids is 1. The second-order valence-electron chi connectivity index (χ2n) is 4.47. The zero-order valence-electron chi connectivity index (χ0n) is 9.40. The van der Waals surface area contributed by atoms with Crippen LogP contribution < -0.4 is 0 Å². The van der Waals surface area contributed by atoms with Crippen LogP contribution in [0.4, 0.5) is 0 Å². The van der Waals surface area contributed by atoms with Gasteiger partial charge in [0.2, 0.25) is 0 Å². The fourth-order valence-corrected chi connectivity index (χ4v) is 2.51. The van der Waals surface area contributed by atoms with E-state index < -0.39 is 5.97 Å². The lowest BCUT2D eigenvalue weighted by atomic mass is 9.75. The first kappa shape index (κ1) is 11.1. The maximum absolute atomic E-state index is 11.0. The van der Waals surface area contributed by atoms with E-state index in [2.05, 4.69) is 0 Å². The molecule has 0 radical (unpaired) electrons. The van der Waals surface area contributed by atoms with Gasteiger partial charge in [0.1, 0.15) is 0 Å². The summed E-state index contributed by atoms with van der Waals surface area (Å²) in [7, 11) is 0. The van der Waals surface area contributed by atoms with Gasteiger partial charge < -0.3 is 9.84 Å². The largest absolute Gasteiger partial charge is 0.481 e. The van der Waals surface area contributed by atoms with Gasteiger partial charge in [0.05, 0.1) is 13.0 Å². The van der Waals surface area contributed by atoms with E-state index in [1.165, 1.54) is 0 Å². The van der Waals surface area contributed by atoms with Gasteiger partial charge in [-0.1, -0.05) is 24.3 Å². The Balaban J connectivity index is 2.39. The molecular formula is C13H16O3. The fourth-order valence-electron chi connectivity index (χ4n) is 2.51. The molecule has 16 heavy (non-hydrogen) atoms. The predicted molar refractivity (Wildman–Crippen MR) is 60.5 cm³/mol. The average Bonchev–Trinajstić information content (AvgIpc) is 2.67. The van der Waals surface area contributed by atoms with E-state index in [9.17, 15) is 4.79 Å². The second kappa shape index (κ2) is 4.26. The summed E-state index contributed by atoms with van der Waals surface area (Å²) in [5.74, 6) is -0.756. The lowest BCUT2D eigenvalue weighted by Gasteiger charge is -2.27. The Labute approximate surface area is 95.0 Å². The molecule has 1 N–H and O–H groups in total. The molecular weight excluding hydrogens is 204 g/mol. The molecule has 0 saturated carbocycles. The summed E-state index contributed by atoms with van der Waals surface area (Å²) in [5, 5.41) is 9.04. The first-order valence-corrected chi connectivity index (χ1v) is 5.50. The van der Waals surface area contributed by atoms with Gasteiger partial charge >= 0.3 is 5.97 Å². The first-order chi connectivity index (χ1) is 7.64. The van der Waals surface area contributed by atoms with Gasteiger partial charge in [-0.3, -0.25) is 4.79 Å². The van der Waals surface area contributed by atoms with E-state index in [1.54, 1.807) is 0 Å². The monoisotopic (exact) mass is 220 g/mol. The van der Waals surface area contributed by atoms with Crippen LogP contribution in [0.1, 0.15) is 24.0 Å². The Morgan fingerprint density at radius 1 is 1.50 bits per heavy atom. The fraction of sp³-hybridized carbons (Fsp3) is 0.462. The smallest absolute Gasteiger partial charge is 0.304 e. The van der Waals surface area contributed by atoms with E-state index in [1.807, 2.05) is 31.2 Å². The van der Waals surface area contributed by atoms with Gasteiger partial charge in [0, 0.05) is 12.0 Å². The molecule has 1 aliphatic heterocycles. The van der Waals surface area contributed by atoms with Crippen molar-refractivity contribution in [2.75, 3.05) is 13.2 Å². The van der Waals surface area contributed by atoms with Gasteiger partial charge in [0.25, 0.3) is 0 Å². The molecule has 1 unspecified atom stereocenters. The topological polar surface area (TPSA) is 46.5 Å². The molecule has 0 aromatic heterocycles. The SMILES string of the molecule is Cc1ccccc1C1(CC(=O)O)CCOC1. The molecule has 3 nitrogen and oxygen atoms in total. The molecule has 2 rings (SSSR count). The van der Waals surface area contributed by atoms with Gasteiger partial charge in [-0.2, -0.15) is 0 Å². The molecule has 3 heteroatoms. The first-order valence-electron chi connectivity index (χ1n) is 5.50. The molecule has 86 valence electrons. The van der Waals surface area contributed by atoms with E-state index in [-0.39, 0.29) is 11.8 Å². The molecule has 0 amide bonds. The minimum atomic E-state index is -0.756. The molecule has 1 aromatic carbocycles. The maximum Gasteiger partial charge on any atom is 0.304 e. The van der Waals surface area contributed by atoms with Crippen molar-refractivity contribution in [3.63, 3.8) is 0 Å². The van der Waals surface area contributed by atoms with Crippen LogP contribution in [0.25, 0.3) is 0 Å². The van der Waals surface area contributed by atoms with Crippen LogP contribution >= 0.6 is 0 Å². The van der Waals surface area contributed by atoms with Crippen molar-refractivity contribution in [1.82, 2.24) is 0 Å². The molecule has 0 bridgehead atoms.